The van der Waals surface area contributed by atoms with Crippen LogP contribution in [0.3, 0.4) is 0 Å². The number of hydrogen-bond acceptors (Lipinski definition) is 4. The third kappa shape index (κ3) is 4.93. The zero-order valence-corrected chi connectivity index (χ0v) is 13.1. The van der Waals surface area contributed by atoms with Crippen LogP contribution in [0, 0.1) is 10.1 Å². The van der Waals surface area contributed by atoms with Crippen molar-refractivity contribution in [1.82, 2.24) is 0 Å². The van der Waals surface area contributed by atoms with Gasteiger partial charge in [-0.3, -0.25) is 10.1 Å². The van der Waals surface area contributed by atoms with Gasteiger partial charge in [0.15, 0.2) is 0 Å². The molecule has 0 saturated carbocycles. The minimum absolute atomic E-state index is 0.111. The Hall–Kier alpha value is -2.66. The molecule has 2 rings (SSSR count). The number of aliphatic hydroxyl groups excluding tert-OH is 1. The van der Waals surface area contributed by atoms with Gasteiger partial charge in [-0.15, -0.1) is 0 Å². The molecule has 2 aromatic rings. The zero-order chi connectivity index (χ0) is 16.7. The predicted molar refractivity (Wildman–Crippen MR) is 92.6 cm³/mol. The molecule has 0 saturated heterocycles. The lowest BCUT2D eigenvalue weighted by Crippen LogP contribution is -2.20. The normalized spacial score (nSPS) is 10.9. The minimum Gasteiger partial charge on any atom is -0.395 e. The van der Waals surface area contributed by atoms with E-state index in [1.807, 2.05) is 48.4 Å². The quantitative estimate of drug-likeness (QED) is 0.629. The van der Waals surface area contributed by atoms with E-state index in [2.05, 4.69) is 0 Å². The summed E-state index contributed by atoms with van der Waals surface area (Å²) in [6, 6.07) is 14.7. The molecule has 0 amide bonds. The smallest absolute Gasteiger partial charge is 0.269 e. The summed E-state index contributed by atoms with van der Waals surface area (Å²) in [5, 5.41) is 19.5. The number of hydrogen-bond donors (Lipinski definition) is 1. The first-order chi connectivity index (χ1) is 11.1. The van der Waals surface area contributed by atoms with Crippen LogP contribution < -0.4 is 4.90 Å². The topological polar surface area (TPSA) is 66.6 Å². The number of rotatable bonds is 7. The summed E-state index contributed by atoms with van der Waals surface area (Å²) in [6.45, 7) is 0.739. The number of non-ortho nitro benzene ring substituents is 1. The molecular weight excluding hydrogens is 292 g/mol. The van der Waals surface area contributed by atoms with Crippen molar-refractivity contribution < 1.29 is 10.0 Å². The van der Waals surface area contributed by atoms with Crippen LogP contribution in [0.1, 0.15) is 11.1 Å². The summed E-state index contributed by atoms with van der Waals surface area (Å²) in [5.41, 5.74) is 3.30. The van der Waals surface area contributed by atoms with Crippen molar-refractivity contribution in [3.63, 3.8) is 0 Å². The van der Waals surface area contributed by atoms with Crippen molar-refractivity contribution >= 4 is 17.5 Å². The van der Waals surface area contributed by atoms with Crippen molar-refractivity contribution in [2.45, 2.75) is 6.42 Å². The van der Waals surface area contributed by atoms with Gasteiger partial charge < -0.3 is 10.0 Å². The molecule has 0 bridgehead atoms. The van der Waals surface area contributed by atoms with Crippen LogP contribution in [0.25, 0.3) is 6.08 Å². The van der Waals surface area contributed by atoms with Crippen LogP contribution >= 0.6 is 0 Å². The predicted octanol–water partition coefficient (Wildman–Crippen LogP) is 3.28. The number of allylic oxidation sites excluding steroid dienone is 1. The molecule has 23 heavy (non-hydrogen) atoms. The summed E-state index contributed by atoms with van der Waals surface area (Å²) in [5.74, 6) is 0. The molecule has 0 spiro atoms. The van der Waals surface area contributed by atoms with Gasteiger partial charge in [0.05, 0.1) is 11.5 Å². The third-order valence-corrected chi connectivity index (χ3v) is 3.58. The van der Waals surface area contributed by atoms with E-state index in [4.69, 9.17) is 5.11 Å². The summed E-state index contributed by atoms with van der Waals surface area (Å²) in [6.07, 6.45) is 4.79. The van der Waals surface area contributed by atoms with Crippen molar-refractivity contribution in [3.05, 3.63) is 75.8 Å². The SMILES string of the molecule is CN(CCO)c1ccc(/C=C/Cc2ccc([N+](=O)[O-])cc2)cc1. The van der Waals surface area contributed by atoms with E-state index in [9.17, 15) is 10.1 Å². The highest BCUT2D eigenvalue weighted by Gasteiger charge is 2.03. The second-order valence-electron chi connectivity index (χ2n) is 5.27. The number of benzene rings is 2. The zero-order valence-electron chi connectivity index (χ0n) is 13.1. The van der Waals surface area contributed by atoms with Gasteiger partial charge in [-0.1, -0.05) is 36.4 Å². The van der Waals surface area contributed by atoms with Gasteiger partial charge in [-0.25, -0.2) is 0 Å². The van der Waals surface area contributed by atoms with Crippen molar-refractivity contribution in [2.75, 3.05) is 25.1 Å². The summed E-state index contributed by atoms with van der Waals surface area (Å²) >= 11 is 0. The molecule has 0 atom stereocenters. The van der Waals surface area contributed by atoms with E-state index in [0.29, 0.717) is 6.54 Å². The third-order valence-electron chi connectivity index (χ3n) is 3.58. The Balaban J connectivity index is 1.93. The van der Waals surface area contributed by atoms with E-state index >= 15 is 0 Å². The average molecular weight is 312 g/mol. The first-order valence-electron chi connectivity index (χ1n) is 7.42. The standard InChI is InChI=1S/C18H20N2O3/c1-19(13-14-21)17-9-5-15(6-10-17)3-2-4-16-7-11-18(12-8-16)20(22)23/h2-3,5-12,21H,4,13-14H2,1H3/b3-2+. The van der Waals surface area contributed by atoms with E-state index in [1.54, 1.807) is 12.1 Å². The number of aliphatic hydroxyl groups is 1. The number of nitro benzene ring substituents is 1. The molecule has 5 nitrogen and oxygen atoms in total. The molecule has 0 radical (unpaired) electrons. The fourth-order valence-electron chi connectivity index (χ4n) is 2.20. The molecule has 0 aliphatic rings. The van der Waals surface area contributed by atoms with Gasteiger partial charge >= 0.3 is 0 Å². The largest absolute Gasteiger partial charge is 0.395 e. The first-order valence-corrected chi connectivity index (χ1v) is 7.42. The Morgan fingerprint density at radius 2 is 1.78 bits per heavy atom. The Morgan fingerprint density at radius 1 is 1.13 bits per heavy atom. The second-order valence-corrected chi connectivity index (χ2v) is 5.27. The van der Waals surface area contributed by atoms with E-state index in [-0.39, 0.29) is 12.3 Å². The van der Waals surface area contributed by atoms with Gasteiger partial charge in [0.2, 0.25) is 0 Å². The fourth-order valence-corrected chi connectivity index (χ4v) is 2.20. The highest BCUT2D eigenvalue weighted by Crippen LogP contribution is 2.16. The maximum absolute atomic E-state index is 10.6. The molecule has 2 aromatic carbocycles. The average Bonchev–Trinajstić information content (AvgIpc) is 2.56. The lowest BCUT2D eigenvalue weighted by Gasteiger charge is -2.17. The van der Waals surface area contributed by atoms with Crippen LogP contribution in [-0.2, 0) is 6.42 Å². The maximum atomic E-state index is 10.6. The van der Waals surface area contributed by atoms with Crippen LogP contribution in [0.15, 0.2) is 54.6 Å². The van der Waals surface area contributed by atoms with Gasteiger partial charge in [0, 0.05) is 31.4 Å². The molecule has 0 aliphatic carbocycles. The molecule has 0 unspecified atom stereocenters. The van der Waals surface area contributed by atoms with Crippen LogP contribution in [0.2, 0.25) is 0 Å². The summed E-state index contributed by atoms with van der Waals surface area (Å²) in [4.78, 5) is 12.2. The van der Waals surface area contributed by atoms with E-state index in [1.165, 1.54) is 12.1 Å². The Morgan fingerprint density at radius 3 is 2.35 bits per heavy atom. The molecule has 0 heterocycles. The van der Waals surface area contributed by atoms with Crippen molar-refractivity contribution in [2.24, 2.45) is 0 Å². The molecule has 0 aliphatic heterocycles. The Bertz CT molecular complexity index is 664. The maximum Gasteiger partial charge on any atom is 0.269 e. The highest BCUT2D eigenvalue weighted by atomic mass is 16.6. The number of nitro groups is 1. The number of nitrogens with zero attached hydrogens (tertiary/aromatic N) is 2. The summed E-state index contributed by atoms with van der Waals surface area (Å²) in [7, 11) is 1.94. The van der Waals surface area contributed by atoms with Gasteiger partial charge in [0.1, 0.15) is 0 Å². The highest BCUT2D eigenvalue weighted by molar-refractivity contribution is 5.56. The van der Waals surface area contributed by atoms with Gasteiger partial charge in [-0.05, 0) is 29.7 Å². The molecule has 1 N–H and O–H groups in total. The lowest BCUT2D eigenvalue weighted by atomic mass is 10.1. The monoisotopic (exact) mass is 312 g/mol. The molecule has 0 fully saturated rings. The number of anilines is 1. The number of likely N-dealkylation sites (N-methyl/N-ethyl adjacent to an activating group) is 1. The van der Waals surface area contributed by atoms with Crippen molar-refractivity contribution in [1.29, 1.82) is 0 Å². The van der Waals surface area contributed by atoms with Crippen LogP contribution in [0.5, 0.6) is 0 Å². The van der Waals surface area contributed by atoms with Crippen molar-refractivity contribution in [3.8, 4) is 0 Å². The minimum atomic E-state index is -0.394. The molecule has 0 aromatic heterocycles. The van der Waals surface area contributed by atoms with E-state index in [0.717, 1.165) is 23.2 Å². The second kappa shape index (κ2) is 8.10. The van der Waals surface area contributed by atoms with E-state index < -0.39 is 4.92 Å². The van der Waals surface area contributed by atoms with Gasteiger partial charge in [-0.2, -0.15) is 0 Å². The summed E-state index contributed by atoms with van der Waals surface area (Å²) < 4.78 is 0. The Kier molecular flexibility index (Phi) is 5.88. The first kappa shape index (κ1) is 16.7. The molecular formula is C18H20N2O3. The molecule has 120 valence electrons. The fraction of sp³-hybridized carbons (Fsp3) is 0.222. The van der Waals surface area contributed by atoms with Crippen LogP contribution in [-0.4, -0.2) is 30.2 Å². The Labute approximate surface area is 135 Å². The molecule has 5 heteroatoms. The lowest BCUT2D eigenvalue weighted by molar-refractivity contribution is -0.384. The van der Waals surface area contributed by atoms with Gasteiger partial charge in [0.25, 0.3) is 5.69 Å². The van der Waals surface area contributed by atoms with Crippen LogP contribution in [0.4, 0.5) is 11.4 Å².